The third-order valence-electron chi connectivity index (χ3n) is 4.75. The fourth-order valence-corrected chi connectivity index (χ4v) is 3.26. The Hall–Kier alpha value is -0.0800. The third kappa shape index (κ3) is 2.78. The van der Waals surface area contributed by atoms with Gasteiger partial charge in [-0.15, -0.1) is 0 Å². The molecule has 1 aliphatic carbocycles. The molecule has 3 atom stereocenters. The van der Waals surface area contributed by atoms with Gasteiger partial charge in [-0.25, -0.2) is 0 Å². The van der Waals surface area contributed by atoms with Crippen LogP contribution in [0.4, 0.5) is 0 Å². The SMILES string of the molecule is CC1CCC(N)C(N2CCC(C)(C)CC2)C1. The third-order valence-corrected chi connectivity index (χ3v) is 4.75. The molecule has 1 saturated heterocycles. The van der Waals surface area contributed by atoms with E-state index in [4.69, 9.17) is 5.73 Å². The number of likely N-dealkylation sites (tertiary alicyclic amines) is 1. The highest BCUT2D eigenvalue weighted by atomic mass is 15.2. The molecule has 1 aliphatic heterocycles. The fourth-order valence-electron chi connectivity index (χ4n) is 3.26. The van der Waals surface area contributed by atoms with E-state index >= 15 is 0 Å². The molecule has 0 amide bonds. The molecule has 0 aromatic rings. The predicted octanol–water partition coefficient (Wildman–Crippen LogP) is 2.62. The molecule has 2 fully saturated rings. The molecule has 0 spiro atoms. The monoisotopic (exact) mass is 224 g/mol. The Labute approximate surface area is 101 Å². The van der Waals surface area contributed by atoms with Crippen molar-refractivity contribution in [1.82, 2.24) is 4.90 Å². The van der Waals surface area contributed by atoms with E-state index < -0.39 is 0 Å². The zero-order chi connectivity index (χ0) is 11.8. The first kappa shape index (κ1) is 12.4. The first-order chi connectivity index (χ1) is 7.48. The van der Waals surface area contributed by atoms with Crippen LogP contribution in [0.3, 0.4) is 0 Å². The van der Waals surface area contributed by atoms with E-state index in [1.54, 1.807) is 0 Å². The first-order valence-corrected chi connectivity index (χ1v) is 6.97. The van der Waals surface area contributed by atoms with Gasteiger partial charge in [-0.05, 0) is 56.5 Å². The summed E-state index contributed by atoms with van der Waals surface area (Å²) in [6.07, 6.45) is 6.56. The molecule has 94 valence electrons. The summed E-state index contributed by atoms with van der Waals surface area (Å²) in [5.74, 6) is 0.875. The fraction of sp³-hybridized carbons (Fsp3) is 1.00. The molecule has 0 radical (unpaired) electrons. The van der Waals surface area contributed by atoms with Gasteiger partial charge in [-0.1, -0.05) is 20.8 Å². The molecule has 16 heavy (non-hydrogen) atoms. The highest BCUT2D eigenvalue weighted by molar-refractivity contribution is 4.91. The molecule has 2 N–H and O–H groups in total. The Morgan fingerprint density at radius 2 is 1.75 bits per heavy atom. The number of piperidine rings is 1. The van der Waals surface area contributed by atoms with Gasteiger partial charge in [0.25, 0.3) is 0 Å². The number of nitrogens with zero attached hydrogens (tertiary/aromatic N) is 1. The van der Waals surface area contributed by atoms with Crippen LogP contribution in [0.2, 0.25) is 0 Å². The van der Waals surface area contributed by atoms with Crippen LogP contribution in [0.1, 0.15) is 52.9 Å². The van der Waals surface area contributed by atoms with Crippen molar-refractivity contribution in [1.29, 1.82) is 0 Å². The first-order valence-electron chi connectivity index (χ1n) is 6.97. The van der Waals surface area contributed by atoms with E-state index in [1.165, 1.54) is 45.2 Å². The van der Waals surface area contributed by atoms with E-state index in [1.807, 2.05) is 0 Å². The van der Waals surface area contributed by atoms with Crippen LogP contribution in [0, 0.1) is 11.3 Å². The van der Waals surface area contributed by atoms with Crippen molar-refractivity contribution in [2.75, 3.05) is 13.1 Å². The van der Waals surface area contributed by atoms with Crippen LogP contribution in [-0.2, 0) is 0 Å². The van der Waals surface area contributed by atoms with Crippen molar-refractivity contribution in [3.8, 4) is 0 Å². The molecule has 1 saturated carbocycles. The van der Waals surface area contributed by atoms with E-state index in [0.29, 0.717) is 17.5 Å². The zero-order valence-corrected chi connectivity index (χ0v) is 11.2. The quantitative estimate of drug-likeness (QED) is 0.742. The molecule has 2 aliphatic rings. The molecule has 0 bridgehead atoms. The summed E-state index contributed by atoms with van der Waals surface area (Å²) >= 11 is 0. The average Bonchev–Trinajstić information content (AvgIpc) is 2.22. The normalized spacial score (nSPS) is 40.9. The predicted molar refractivity (Wildman–Crippen MR) is 69.4 cm³/mol. The molecular weight excluding hydrogens is 196 g/mol. The van der Waals surface area contributed by atoms with Crippen molar-refractivity contribution in [2.24, 2.45) is 17.1 Å². The van der Waals surface area contributed by atoms with Gasteiger partial charge in [0.2, 0.25) is 0 Å². The second kappa shape index (κ2) is 4.66. The Morgan fingerprint density at radius 1 is 1.12 bits per heavy atom. The minimum Gasteiger partial charge on any atom is -0.326 e. The zero-order valence-electron chi connectivity index (χ0n) is 11.2. The van der Waals surface area contributed by atoms with Crippen molar-refractivity contribution < 1.29 is 0 Å². The molecule has 1 heterocycles. The summed E-state index contributed by atoms with van der Waals surface area (Å²) < 4.78 is 0. The van der Waals surface area contributed by atoms with Gasteiger partial charge in [0.15, 0.2) is 0 Å². The Kier molecular flexibility index (Phi) is 3.60. The highest BCUT2D eigenvalue weighted by Crippen LogP contribution is 2.34. The number of hydrogen-bond donors (Lipinski definition) is 1. The van der Waals surface area contributed by atoms with Gasteiger partial charge >= 0.3 is 0 Å². The maximum absolute atomic E-state index is 6.30. The lowest BCUT2D eigenvalue weighted by molar-refractivity contribution is 0.0557. The second-order valence-electron chi connectivity index (χ2n) is 6.85. The van der Waals surface area contributed by atoms with Crippen LogP contribution >= 0.6 is 0 Å². The molecular formula is C14H28N2. The van der Waals surface area contributed by atoms with Crippen molar-refractivity contribution >= 4 is 0 Å². The molecule has 2 nitrogen and oxygen atoms in total. The van der Waals surface area contributed by atoms with Gasteiger partial charge in [-0.3, -0.25) is 4.90 Å². The van der Waals surface area contributed by atoms with Gasteiger partial charge in [0.05, 0.1) is 0 Å². The summed E-state index contributed by atoms with van der Waals surface area (Å²) in [4.78, 5) is 2.67. The molecule has 2 rings (SSSR count). The number of rotatable bonds is 1. The second-order valence-corrected chi connectivity index (χ2v) is 6.85. The Balaban J connectivity index is 1.92. The Bertz CT molecular complexity index is 227. The van der Waals surface area contributed by atoms with E-state index in [-0.39, 0.29) is 0 Å². The average molecular weight is 224 g/mol. The van der Waals surface area contributed by atoms with Crippen LogP contribution in [0.15, 0.2) is 0 Å². The molecule has 0 aromatic carbocycles. The molecule has 2 heteroatoms. The van der Waals surface area contributed by atoms with Crippen molar-refractivity contribution in [3.05, 3.63) is 0 Å². The topological polar surface area (TPSA) is 29.3 Å². The van der Waals surface area contributed by atoms with Gasteiger partial charge in [0.1, 0.15) is 0 Å². The van der Waals surface area contributed by atoms with Crippen molar-refractivity contribution in [3.63, 3.8) is 0 Å². The number of nitrogens with two attached hydrogens (primary N) is 1. The minimum absolute atomic E-state index is 0.428. The van der Waals surface area contributed by atoms with Crippen LogP contribution in [-0.4, -0.2) is 30.1 Å². The number of hydrogen-bond acceptors (Lipinski definition) is 2. The van der Waals surface area contributed by atoms with E-state index in [9.17, 15) is 0 Å². The minimum atomic E-state index is 0.428. The lowest BCUT2D eigenvalue weighted by Crippen LogP contribution is -2.54. The summed E-state index contributed by atoms with van der Waals surface area (Å²) in [6.45, 7) is 9.70. The van der Waals surface area contributed by atoms with Crippen molar-refractivity contribution in [2.45, 2.75) is 65.0 Å². The van der Waals surface area contributed by atoms with Crippen LogP contribution in [0.25, 0.3) is 0 Å². The van der Waals surface area contributed by atoms with Gasteiger partial charge < -0.3 is 5.73 Å². The van der Waals surface area contributed by atoms with E-state index in [0.717, 1.165) is 5.92 Å². The summed E-state index contributed by atoms with van der Waals surface area (Å²) in [7, 11) is 0. The standard InChI is InChI=1S/C14H28N2/c1-11-4-5-12(15)13(10-11)16-8-6-14(2,3)7-9-16/h11-13H,4-10,15H2,1-3H3. The lowest BCUT2D eigenvalue weighted by atomic mass is 9.78. The van der Waals surface area contributed by atoms with Crippen LogP contribution in [0.5, 0.6) is 0 Å². The summed E-state index contributed by atoms with van der Waals surface area (Å²) in [6, 6.07) is 1.09. The maximum atomic E-state index is 6.30. The lowest BCUT2D eigenvalue weighted by Gasteiger charge is -2.45. The van der Waals surface area contributed by atoms with Gasteiger partial charge in [0, 0.05) is 12.1 Å². The molecule has 3 unspecified atom stereocenters. The maximum Gasteiger partial charge on any atom is 0.0249 e. The van der Waals surface area contributed by atoms with Crippen LogP contribution < -0.4 is 5.73 Å². The Morgan fingerprint density at radius 3 is 2.38 bits per heavy atom. The smallest absolute Gasteiger partial charge is 0.0249 e. The van der Waals surface area contributed by atoms with Gasteiger partial charge in [-0.2, -0.15) is 0 Å². The van der Waals surface area contributed by atoms with E-state index in [2.05, 4.69) is 25.7 Å². The largest absolute Gasteiger partial charge is 0.326 e. The highest BCUT2D eigenvalue weighted by Gasteiger charge is 2.34. The molecule has 0 aromatic heterocycles. The summed E-state index contributed by atoms with van der Waals surface area (Å²) in [5.41, 5.74) is 6.85. The summed E-state index contributed by atoms with van der Waals surface area (Å²) in [5, 5.41) is 0.